The molecule has 1 fully saturated rings. The number of hydrogen-bond acceptors (Lipinski definition) is 5. The molecule has 0 radical (unpaired) electrons. The summed E-state index contributed by atoms with van der Waals surface area (Å²) < 4.78 is 24.9. The van der Waals surface area contributed by atoms with Crippen LogP contribution in [0.2, 0.25) is 0 Å². The molecule has 0 saturated carbocycles. The van der Waals surface area contributed by atoms with Gasteiger partial charge >= 0.3 is 0 Å². The monoisotopic (exact) mass is 426 g/mol. The largest absolute Gasteiger partial charge is 0.357 e. The molecule has 1 aromatic rings. The van der Waals surface area contributed by atoms with Gasteiger partial charge in [0.15, 0.2) is 15.8 Å². The van der Waals surface area contributed by atoms with Crippen LogP contribution in [0.3, 0.4) is 0 Å². The predicted molar refractivity (Wildman–Crippen MR) is 115 cm³/mol. The minimum atomic E-state index is -2.99. The van der Waals surface area contributed by atoms with Gasteiger partial charge in [0.2, 0.25) is 5.91 Å². The van der Waals surface area contributed by atoms with Crippen LogP contribution in [0.4, 0.5) is 0 Å². The van der Waals surface area contributed by atoms with Crippen LogP contribution >= 0.6 is 0 Å². The van der Waals surface area contributed by atoms with Crippen LogP contribution in [0.25, 0.3) is 0 Å². The van der Waals surface area contributed by atoms with Crippen molar-refractivity contribution in [1.29, 1.82) is 0 Å². The van der Waals surface area contributed by atoms with Gasteiger partial charge in [-0.15, -0.1) is 0 Å². The van der Waals surface area contributed by atoms with E-state index in [1.165, 1.54) is 5.56 Å². The number of carbonyl (C=O) groups is 1. The number of hydrogen-bond donors (Lipinski definition) is 3. The number of sulfone groups is 1. The number of carbonyl (C=O) groups excluding carboxylic acids is 1. The summed E-state index contributed by atoms with van der Waals surface area (Å²) in [4.78, 5) is 16.5. The van der Waals surface area contributed by atoms with Gasteiger partial charge in [0.25, 0.3) is 0 Å². The zero-order valence-electron chi connectivity index (χ0n) is 18.1. The molecule has 0 aromatic carbocycles. The first-order valence-electron chi connectivity index (χ1n) is 10.1. The molecule has 1 aromatic heterocycles. The van der Waals surface area contributed by atoms with E-state index in [1.54, 1.807) is 0 Å². The highest BCUT2D eigenvalue weighted by atomic mass is 32.2. The van der Waals surface area contributed by atoms with Gasteiger partial charge in [-0.1, -0.05) is 0 Å². The molecular formula is C19H34N6O3S. The average molecular weight is 427 g/mol. The Morgan fingerprint density at radius 2 is 2.10 bits per heavy atom. The van der Waals surface area contributed by atoms with Crippen LogP contribution in [0.1, 0.15) is 43.6 Å². The normalized spacial score (nSPS) is 19.8. The lowest BCUT2D eigenvalue weighted by atomic mass is 10.1. The Hall–Kier alpha value is -2.10. The first-order chi connectivity index (χ1) is 13.6. The van der Waals surface area contributed by atoms with E-state index in [9.17, 15) is 13.2 Å². The van der Waals surface area contributed by atoms with E-state index in [2.05, 4.69) is 39.9 Å². The zero-order valence-corrected chi connectivity index (χ0v) is 18.9. The van der Waals surface area contributed by atoms with Crippen LogP contribution in [-0.4, -0.2) is 66.7 Å². The summed E-state index contributed by atoms with van der Waals surface area (Å²) in [5.74, 6) is 0.687. The molecule has 164 valence electrons. The quantitative estimate of drug-likeness (QED) is 0.404. The van der Waals surface area contributed by atoms with Gasteiger partial charge in [-0.2, -0.15) is 5.10 Å². The van der Waals surface area contributed by atoms with Crippen molar-refractivity contribution in [1.82, 2.24) is 25.7 Å². The van der Waals surface area contributed by atoms with Crippen molar-refractivity contribution in [2.45, 2.75) is 59.0 Å². The number of aromatic nitrogens is 2. The van der Waals surface area contributed by atoms with Crippen LogP contribution in [-0.2, 0) is 28.1 Å². The summed E-state index contributed by atoms with van der Waals surface area (Å²) in [6.07, 6.45) is 1.54. The van der Waals surface area contributed by atoms with Gasteiger partial charge in [-0.05, 0) is 46.1 Å². The fourth-order valence-corrected chi connectivity index (χ4v) is 5.17. The Kier molecular flexibility index (Phi) is 8.06. The van der Waals surface area contributed by atoms with Crippen molar-refractivity contribution in [3.05, 3.63) is 17.0 Å². The van der Waals surface area contributed by atoms with Gasteiger partial charge in [0.1, 0.15) is 0 Å². The van der Waals surface area contributed by atoms with Crippen LogP contribution in [0.5, 0.6) is 0 Å². The van der Waals surface area contributed by atoms with Gasteiger partial charge in [-0.3, -0.25) is 14.5 Å². The first kappa shape index (κ1) is 23.2. The first-order valence-corrected chi connectivity index (χ1v) is 12.0. The molecule has 3 N–H and O–H groups in total. The van der Waals surface area contributed by atoms with Gasteiger partial charge in [0, 0.05) is 37.8 Å². The van der Waals surface area contributed by atoms with Crippen molar-refractivity contribution < 1.29 is 13.2 Å². The molecule has 1 aliphatic rings. The molecule has 0 bridgehead atoms. The second kappa shape index (κ2) is 10.1. The van der Waals surface area contributed by atoms with E-state index in [1.807, 2.05) is 25.6 Å². The van der Waals surface area contributed by atoms with E-state index >= 15 is 0 Å². The smallest absolute Gasteiger partial charge is 0.222 e. The molecule has 10 heteroatoms. The standard InChI is InChI=1S/C19H34N6O3S/c1-6-20-19(22-13(2)11-17-14(3)24-25(5)15(17)4)21-9-7-18(26)23-16-8-10-29(27,28)12-16/h13,16H,6-12H2,1-5H3,(H,23,26)(H2,20,21,22). The highest BCUT2D eigenvalue weighted by molar-refractivity contribution is 7.91. The van der Waals surface area contributed by atoms with Crippen LogP contribution in [0, 0.1) is 13.8 Å². The van der Waals surface area contributed by atoms with Crippen molar-refractivity contribution in [2.24, 2.45) is 12.0 Å². The summed E-state index contributed by atoms with van der Waals surface area (Å²) in [6.45, 7) is 9.21. The molecule has 1 amide bonds. The van der Waals surface area contributed by atoms with Crippen LogP contribution < -0.4 is 16.0 Å². The fraction of sp³-hybridized carbons (Fsp3) is 0.737. The lowest BCUT2D eigenvalue weighted by Crippen LogP contribution is -2.43. The topological polar surface area (TPSA) is 117 Å². The second-order valence-electron chi connectivity index (χ2n) is 7.70. The highest BCUT2D eigenvalue weighted by Gasteiger charge is 2.28. The minimum absolute atomic E-state index is 0.0386. The summed E-state index contributed by atoms with van der Waals surface area (Å²) in [6, 6.07) is -0.124. The van der Waals surface area contributed by atoms with Gasteiger partial charge in [0.05, 0.1) is 23.7 Å². The third-order valence-electron chi connectivity index (χ3n) is 5.10. The molecule has 2 rings (SSSR count). The number of rotatable bonds is 8. The lowest BCUT2D eigenvalue weighted by molar-refractivity contribution is -0.121. The Bertz CT molecular complexity index is 846. The molecule has 2 unspecified atom stereocenters. The molecule has 29 heavy (non-hydrogen) atoms. The fourth-order valence-electron chi connectivity index (χ4n) is 3.50. The number of aryl methyl sites for hydroxylation is 2. The van der Waals surface area contributed by atoms with E-state index in [0.717, 1.165) is 24.4 Å². The molecule has 0 spiro atoms. The number of nitrogens with one attached hydrogen (secondary N) is 3. The summed E-state index contributed by atoms with van der Waals surface area (Å²) in [5.41, 5.74) is 3.42. The summed E-state index contributed by atoms with van der Waals surface area (Å²) >= 11 is 0. The van der Waals surface area contributed by atoms with E-state index in [4.69, 9.17) is 0 Å². The molecule has 2 heterocycles. The Morgan fingerprint density at radius 1 is 1.38 bits per heavy atom. The number of amides is 1. The zero-order chi connectivity index (χ0) is 21.6. The number of nitrogens with zero attached hydrogens (tertiary/aromatic N) is 3. The predicted octanol–water partition coefficient (Wildman–Crippen LogP) is 0.216. The molecule has 0 aliphatic carbocycles. The third-order valence-corrected chi connectivity index (χ3v) is 6.87. The summed E-state index contributed by atoms with van der Waals surface area (Å²) in [5, 5.41) is 13.8. The average Bonchev–Trinajstić information content (AvgIpc) is 3.07. The summed E-state index contributed by atoms with van der Waals surface area (Å²) in [7, 11) is -1.05. The van der Waals surface area contributed by atoms with Crippen molar-refractivity contribution in [2.75, 3.05) is 24.6 Å². The maximum Gasteiger partial charge on any atom is 0.222 e. The number of aliphatic imine (C=N–C) groups is 1. The number of guanidine groups is 1. The van der Waals surface area contributed by atoms with E-state index in [-0.39, 0.29) is 35.9 Å². The maximum atomic E-state index is 12.1. The molecule has 1 saturated heterocycles. The molecule has 1 aliphatic heterocycles. The SMILES string of the molecule is CCNC(=NCCC(=O)NC1CCS(=O)(=O)C1)NC(C)Cc1c(C)nn(C)c1C. The van der Waals surface area contributed by atoms with Gasteiger partial charge in [-0.25, -0.2) is 8.42 Å². The lowest BCUT2D eigenvalue weighted by Gasteiger charge is -2.18. The molecular weight excluding hydrogens is 392 g/mol. The second-order valence-corrected chi connectivity index (χ2v) is 9.93. The van der Waals surface area contributed by atoms with Crippen molar-refractivity contribution >= 4 is 21.7 Å². The molecule has 9 nitrogen and oxygen atoms in total. The van der Waals surface area contributed by atoms with Crippen LogP contribution in [0.15, 0.2) is 4.99 Å². The Morgan fingerprint density at radius 3 is 2.66 bits per heavy atom. The maximum absolute atomic E-state index is 12.1. The van der Waals surface area contributed by atoms with Crippen molar-refractivity contribution in [3.8, 4) is 0 Å². The van der Waals surface area contributed by atoms with E-state index < -0.39 is 9.84 Å². The Balaban J connectivity index is 1.84. The Labute approximate surface area is 173 Å². The van der Waals surface area contributed by atoms with E-state index in [0.29, 0.717) is 18.9 Å². The van der Waals surface area contributed by atoms with Gasteiger partial charge < -0.3 is 16.0 Å². The molecule has 2 atom stereocenters. The minimum Gasteiger partial charge on any atom is -0.357 e. The highest BCUT2D eigenvalue weighted by Crippen LogP contribution is 2.14. The van der Waals surface area contributed by atoms with Crippen molar-refractivity contribution in [3.63, 3.8) is 0 Å². The third kappa shape index (κ3) is 7.02.